The monoisotopic (exact) mass is 1520 g/mol. The lowest BCUT2D eigenvalue weighted by Crippen LogP contribution is -2.36. The number of rotatable bonds is 63. The molecule has 0 saturated carbocycles. The van der Waals surface area contributed by atoms with Crippen molar-refractivity contribution in [3.63, 3.8) is 0 Å². The van der Waals surface area contributed by atoms with Gasteiger partial charge in [-0.3, -0.25) is 23.4 Å². The SMILES string of the molecule is CCCCN(CCP(=O)(O)OCCOCCOCCOCCOCCOCCOCOP(=O)(O)OC(CO)COCCCNC(=O)CCCCC1SCC2NC(=O)NC21)/N=N/N=N/N=N/N=N/N=N/N=N/N=N/N=N/N=N/N=N/N=N/N=N/N=N/N=N/N=N/N=N/N=N/N=N/N=N/N=N/N=N/N. The van der Waals surface area contributed by atoms with Crippen molar-refractivity contribution < 1.29 is 80.3 Å². The van der Waals surface area contributed by atoms with Gasteiger partial charge in [0, 0.05) is 179 Å². The van der Waals surface area contributed by atoms with Crippen LogP contribution in [0.3, 0.4) is 0 Å². The predicted molar refractivity (Wildman–Crippen MR) is 323 cm³/mol. The van der Waals surface area contributed by atoms with Gasteiger partial charge in [-0.2, -0.15) is 11.8 Å². The highest BCUT2D eigenvalue weighted by atomic mass is 32.2. The highest BCUT2D eigenvalue weighted by molar-refractivity contribution is 8.00. The Morgan fingerprint density at radius 1 is 0.529 bits per heavy atom. The van der Waals surface area contributed by atoms with Crippen LogP contribution in [0, 0.1) is 0 Å². The number of phosphoric ester groups is 1. The zero-order valence-electron chi connectivity index (χ0n) is 53.8. The number of hydrogen-bond acceptors (Lipinski definition) is 18. The van der Waals surface area contributed by atoms with Crippen molar-refractivity contribution in [3.8, 4) is 0 Å². The molecule has 0 spiro atoms. The largest absolute Gasteiger partial charge is 0.474 e. The molecule has 2 fully saturated rings. The summed E-state index contributed by atoms with van der Waals surface area (Å²) in [5.74, 6) is 5.48. The Labute approximate surface area is 577 Å². The molecule has 8 N–H and O–H groups in total. The van der Waals surface area contributed by atoms with E-state index in [0.717, 1.165) is 31.4 Å². The summed E-state index contributed by atoms with van der Waals surface area (Å²) in [6.07, 6.45) is 3.51. The van der Waals surface area contributed by atoms with E-state index in [9.17, 15) is 33.6 Å². The molecule has 2 aliphatic heterocycles. The minimum atomic E-state index is -4.57. The average Bonchev–Trinajstić information content (AvgIpc) is 1.67. The molecule has 0 aliphatic carbocycles. The average molecular weight is 1520 g/mol. The lowest BCUT2D eigenvalue weighted by Gasteiger charge is -2.19. The molecular formula is C35H71N47O17P2S. The van der Waals surface area contributed by atoms with Crippen molar-refractivity contribution >= 4 is 39.1 Å². The van der Waals surface area contributed by atoms with Gasteiger partial charge < -0.3 is 74.4 Å². The molecule has 64 nitrogen and oxygen atoms in total. The maximum absolute atomic E-state index is 12.6. The van der Waals surface area contributed by atoms with Gasteiger partial charge in [-0.05, 0) is 104 Å². The van der Waals surface area contributed by atoms with Gasteiger partial charge in [-0.25, -0.2) is 9.36 Å². The number of aliphatic hydroxyl groups is 1. The molecule has 564 valence electrons. The van der Waals surface area contributed by atoms with Crippen LogP contribution in [0.1, 0.15) is 51.9 Å². The fraction of sp³-hybridized carbons (Fsp3) is 0.943. The van der Waals surface area contributed by atoms with Gasteiger partial charge in [0.1, 0.15) is 6.10 Å². The number of fused-ring (bicyclic) bond motifs is 1. The van der Waals surface area contributed by atoms with Gasteiger partial charge in [0.05, 0.1) is 111 Å². The molecule has 6 unspecified atom stereocenters. The molecule has 0 bridgehead atoms. The van der Waals surface area contributed by atoms with Crippen LogP contribution in [0.4, 0.5) is 4.79 Å². The van der Waals surface area contributed by atoms with Crippen LogP contribution >= 0.6 is 27.2 Å². The Kier molecular flexibility index (Phi) is 55.9. The van der Waals surface area contributed by atoms with Crippen molar-refractivity contribution in [2.24, 2.45) is 225 Å². The Morgan fingerprint density at radius 3 is 1.36 bits per heavy atom. The third-order valence-electron chi connectivity index (χ3n) is 10.5. The first kappa shape index (κ1) is 88.3. The van der Waals surface area contributed by atoms with E-state index in [1.807, 2.05) is 18.7 Å². The zero-order valence-corrected chi connectivity index (χ0v) is 56.4. The number of carbonyl (C=O) groups excluding carboxylic acids is 2. The van der Waals surface area contributed by atoms with E-state index in [2.05, 4.69) is 241 Å². The molecule has 67 heteroatoms. The Balaban J connectivity index is 1.39. The zero-order chi connectivity index (χ0) is 73.4. The third-order valence-corrected chi connectivity index (χ3v) is 14.4. The molecule has 0 aromatic heterocycles. The number of nitrogens with two attached hydrogens (primary N) is 1. The van der Waals surface area contributed by atoms with Crippen LogP contribution in [-0.2, 0) is 60.7 Å². The van der Waals surface area contributed by atoms with Gasteiger partial charge in [0.25, 0.3) is 0 Å². The lowest BCUT2D eigenvalue weighted by molar-refractivity contribution is -0.121. The number of nitrogens with zero attached hydrogens (tertiary/aromatic N) is 43. The second kappa shape index (κ2) is 64.6. The number of aliphatic hydroxyl groups excluding tert-OH is 1. The summed E-state index contributed by atoms with van der Waals surface area (Å²) in [7, 11) is -8.59. The molecule has 2 saturated heterocycles. The van der Waals surface area contributed by atoms with Gasteiger partial charge in [0.2, 0.25) is 5.91 Å². The molecule has 2 heterocycles. The van der Waals surface area contributed by atoms with Crippen molar-refractivity contribution in [1.82, 2.24) is 21.0 Å². The summed E-state index contributed by atoms with van der Waals surface area (Å²) in [5.41, 5.74) is 0. The van der Waals surface area contributed by atoms with Crippen LogP contribution < -0.4 is 21.8 Å². The second-order valence-electron chi connectivity index (χ2n) is 17.5. The standard InChI is InChI=1S/C35H71N47O17P2S/c1-2-3-10-82(81-80-79-78-77-76-75-74-73-72-71-70-69-68-67-66-65-64-63-62-61-60-59-58-57-56-55-54-53-52-51-50-49-48-47-46-45-44-43-42-41-40-36)11-25-100(86,87)97-24-23-94-20-19-92-16-15-90-13-14-91-17-18-93-21-22-96-29-98-101(88,89)99-30(26-83)27-95-12-6-9-37-33(84)8-5-4-7-32-34-31(28-102-32)38-35(85)39-34/h30-32,34,83H,2-29H2,1H3,(H,37,84)(H,86,87)(H,88,89)(H2,38,39,85)(H2,36,41,43,45,47,49,51,53,55,57,59,61,63,65,67,69,71,73,75,77,79,81). The fourth-order valence-corrected chi connectivity index (χ4v) is 9.73. The molecule has 0 radical (unpaired) electrons. The Hall–Kier alpha value is -9.77. The normalized spacial score (nSPS) is 18.3. The number of urea groups is 1. The van der Waals surface area contributed by atoms with Crippen LogP contribution in [0.15, 0.2) is 219 Å². The smallest absolute Gasteiger partial charge is 0.394 e. The van der Waals surface area contributed by atoms with Gasteiger partial charge >= 0.3 is 21.4 Å². The first-order chi connectivity index (χ1) is 50.0. The van der Waals surface area contributed by atoms with Gasteiger partial charge in [0.15, 0.2) is 6.79 Å². The van der Waals surface area contributed by atoms with E-state index in [4.69, 9.17) is 46.7 Å². The number of amides is 3. The summed E-state index contributed by atoms with van der Waals surface area (Å²) in [5, 5.41) is 149. The summed E-state index contributed by atoms with van der Waals surface area (Å²) >= 11 is 1.84. The van der Waals surface area contributed by atoms with Gasteiger partial charge in [-0.1, -0.05) is 25.0 Å². The summed E-state index contributed by atoms with van der Waals surface area (Å²) in [6, 6.07) is 0.211. The highest BCUT2D eigenvalue weighted by Gasteiger charge is 2.42. The number of thioether (sulfide) groups is 1. The van der Waals surface area contributed by atoms with Crippen LogP contribution in [-0.4, -0.2) is 193 Å². The molecular weight excluding hydrogens is 1440 g/mol. The summed E-state index contributed by atoms with van der Waals surface area (Å²) < 4.78 is 77.5. The van der Waals surface area contributed by atoms with E-state index >= 15 is 0 Å². The predicted octanol–water partition coefficient (Wildman–Crippen LogP) is 8.68. The lowest BCUT2D eigenvalue weighted by atomic mass is 10.0. The number of hydrogen-bond donors (Lipinski definition) is 7. The number of ether oxygens (including phenoxy) is 7. The van der Waals surface area contributed by atoms with Crippen LogP contribution in [0.5, 0.6) is 0 Å². The van der Waals surface area contributed by atoms with E-state index in [1.165, 1.54) is 5.01 Å². The van der Waals surface area contributed by atoms with Crippen LogP contribution in [0.25, 0.3) is 0 Å². The van der Waals surface area contributed by atoms with Crippen molar-refractivity contribution in [1.29, 1.82) is 0 Å². The van der Waals surface area contributed by atoms with E-state index in [1.54, 1.807) is 0 Å². The number of carbonyl (C=O) groups is 2. The number of phosphoric acid groups is 1. The number of nitrogens with one attached hydrogen (secondary N) is 3. The molecule has 3 amide bonds. The van der Waals surface area contributed by atoms with Crippen molar-refractivity contribution in [3.05, 3.63) is 0 Å². The van der Waals surface area contributed by atoms with Crippen molar-refractivity contribution in [2.45, 2.75) is 75.3 Å². The van der Waals surface area contributed by atoms with E-state index < -0.39 is 34.9 Å². The highest BCUT2D eigenvalue weighted by Crippen LogP contribution is 2.44. The first-order valence-electron chi connectivity index (χ1n) is 29.1. The van der Waals surface area contributed by atoms with Crippen LogP contribution in [0.2, 0.25) is 0 Å². The van der Waals surface area contributed by atoms with E-state index in [-0.39, 0.29) is 103 Å². The first-order valence-corrected chi connectivity index (χ1v) is 33.4. The minimum Gasteiger partial charge on any atom is -0.394 e. The number of unbranched alkanes of at least 4 members (excludes halogenated alkanes) is 2. The summed E-state index contributed by atoms with van der Waals surface area (Å²) in [4.78, 5) is 44.0. The maximum Gasteiger partial charge on any atom is 0.474 e. The van der Waals surface area contributed by atoms with Gasteiger partial charge in [-0.15, -0.1) is 0 Å². The Bertz CT molecular complexity index is 3010. The molecule has 102 heavy (non-hydrogen) atoms. The molecule has 6 atom stereocenters. The molecule has 2 rings (SSSR count). The van der Waals surface area contributed by atoms with Crippen molar-refractivity contribution in [2.75, 3.05) is 137 Å². The van der Waals surface area contributed by atoms with E-state index in [0.29, 0.717) is 64.0 Å². The Morgan fingerprint density at radius 2 is 0.941 bits per heavy atom. The third kappa shape index (κ3) is 56.0. The molecule has 2 aliphatic rings. The quantitative estimate of drug-likeness (QED) is 0.00569. The second-order valence-corrected chi connectivity index (χ2v) is 22.2. The summed E-state index contributed by atoms with van der Waals surface area (Å²) in [6.45, 7) is 3.85. The minimum absolute atomic E-state index is 0.000915. The fourth-order valence-electron chi connectivity index (χ4n) is 6.44. The topological polar surface area (TPSA) is 806 Å². The maximum atomic E-state index is 12.6. The molecule has 0 aromatic rings. The molecule has 0 aromatic carbocycles.